The van der Waals surface area contributed by atoms with Crippen LogP contribution in [0.4, 0.5) is 4.79 Å². The molecular formula is C27H32N2O6. The Morgan fingerprint density at radius 2 is 1.57 bits per heavy atom. The van der Waals surface area contributed by atoms with E-state index < -0.39 is 30.4 Å². The third kappa shape index (κ3) is 6.39. The predicted octanol–water partition coefficient (Wildman–Crippen LogP) is 3.83. The minimum Gasteiger partial charge on any atom is -0.481 e. The van der Waals surface area contributed by atoms with Crippen molar-refractivity contribution in [3.63, 3.8) is 0 Å². The van der Waals surface area contributed by atoms with Crippen molar-refractivity contribution in [1.82, 2.24) is 10.6 Å². The van der Waals surface area contributed by atoms with Crippen LogP contribution in [0.5, 0.6) is 0 Å². The zero-order chi connectivity index (χ0) is 24.6. The number of rotatable bonds is 10. The van der Waals surface area contributed by atoms with Gasteiger partial charge in [0.2, 0.25) is 5.91 Å². The molecule has 1 unspecified atom stereocenters. The van der Waals surface area contributed by atoms with Crippen LogP contribution in [0.15, 0.2) is 48.5 Å². The summed E-state index contributed by atoms with van der Waals surface area (Å²) in [6.45, 7) is 0.676. The lowest BCUT2D eigenvalue weighted by Crippen LogP contribution is -2.48. The van der Waals surface area contributed by atoms with Crippen molar-refractivity contribution >= 4 is 18.0 Å². The van der Waals surface area contributed by atoms with Gasteiger partial charge >= 0.3 is 12.1 Å². The first kappa shape index (κ1) is 24.7. The van der Waals surface area contributed by atoms with Crippen LogP contribution < -0.4 is 10.6 Å². The normalized spacial score (nSPS) is 16.1. The van der Waals surface area contributed by atoms with E-state index >= 15 is 0 Å². The van der Waals surface area contributed by atoms with E-state index in [-0.39, 0.29) is 25.2 Å². The number of hydrogen-bond donors (Lipinski definition) is 3. The van der Waals surface area contributed by atoms with Crippen molar-refractivity contribution in [2.75, 3.05) is 19.8 Å². The number of carboxylic acid groups (broad SMARTS) is 1. The Hall–Kier alpha value is -3.39. The molecule has 35 heavy (non-hydrogen) atoms. The summed E-state index contributed by atoms with van der Waals surface area (Å²) in [5.74, 6) is -1.90. The van der Waals surface area contributed by atoms with Crippen LogP contribution in [-0.4, -0.2) is 55.0 Å². The van der Waals surface area contributed by atoms with Crippen molar-refractivity contribution in [3.05, 3.63) is 59.7 Å². The van der Waals surface area contributed by atoms with E-state index in [1.807, 2.05) is 48.5 Å². The maximum absolute atomic E-state index is 12.6. The number of alkyl carbamates (subject to hydrolysis) is 1. The number of carbonyl (C=O) groups excluding carboxylic acids is 2. The Morgan fingerprint density at radius 1 is 0.943 bits per heavy atom. The number of aliphatic carboxylic acids is 1. The first-order valence-corrected chi connectivity index (χ1v) is 12.3. The van der Waals surface area contributed by atoms with Crippen LogP contribution >= 0.6 is 0 Å². The highest BCUT2D eigenvalue weighted by molar-refractivity contribution is 5.89. The second-order valence-electron chi connectivity index (χ2n) is 9.04. The summed E-state index contributed by atoms with van der Waals surface area (Å²) in [6.07, 6.45) is 4.44. The van der Waals surface area contributed by atoms with Crippen LogP contribution in [0.2, 0.25) is 0 Å². The van der Waals surface area contributed by atoms with E-state index in [1.54, 1.807) is 0 Å². The van der Waals surface area contributed by atoms with Gasteiger partial charge in [-0.1, -0.05) is 67.8 Å². The topological polar surface area (TPSA) is 114 Å². The predicted molar refractivity (Wildman–Crippen MR) is 130 cm³/mol. The van der Waals surface area contributed by atoms with E-state index in [1.165, 1.54) is 6.42 Å². The second kappa shape index (κ2) is 11.8. The van der Waals surface area contributed by atoms with Gasteiger partial charge in [0.15, 0.2) is 0 Å². The molecule has 2 amide bonds. The number of carboxylic acids is 1. The zero-order valence-corrected chi connectivity index (χ0v) is 19.7. The third-order valence-corrected chi connectivity index (χ3v) is 6.64. The van der Waals surface area contributed by atoms with Gasteiger partial charge < -0.3 is 25.2 Å². The van der Waals surface area contributed by atoms with Gasteiger partial charge in [0.1, 0.15) is 12.6 Å². The summed E-state index contributed by atoms with van der Waals surface area (Å²) >= 11 is 0. The second-order valence-corrected chi connectivity index (χ2v) is 9.04. The molecule has 1 fully saturated rings. The summed E-state index contributed by atoms with van der Waals surface area (Å²) in [7, 11) is 0. The number of nitrogens with one attached hydrogen (secondary N) is 2. The Labute approximate surface area is 205 Å². The molecule has 0 spiro atoms. The van der Waals surface area contributed by atoms with E-state index in [4.69, 9.17) is 9.47 Å². The monoisotopic (exact) mass is 480 g/mol. The molecule has 1 atom stereocenters. The maximum Gasteiger partial charge on any atom is 0.407 e. The molecule has 0 radical (unpaired) electrons. The number of hydrogen-bond acceptors (Lipinski definition) is 5. The van der Waals surface area contributed by atoms with E-state index in [0.29, 0.717) is 6.61 Å². The van der Waals surface area contributed by atoms with Gasteiger partial charge in [-0.3, -0.25) is 9.59 Å². The summed E-state index contributed by atoms with van der Waals surface area (Å²) in [5, 5.41) is 14.3. The SMILES string of the molecule is O=C(O)CC(NC(=O)OCC1c2ccccc2-c2ccccc21)C(=O)NCCOC1CCCCC1. The van der Waals surface area contributed by atoms with Crippen molar-refractivity contribution in [2.45, 2.75) is 56.6 Å². The van der Waals surface area contributed by atoms with Crippen molar-refractivity contribution in [3.8, 4) is 11.1 Å². The number of fused-ring (bicyclic) bond motifs is 3. The van der Waals surface area contributed by atoms with Gasteiger partial charge in [-0.05, 0) is 35.1 Å². The Morgan fingerprint density at radius 3 is 2.20 bits per heavy atom. The van der Waals surface area contributed by atoms with Crippen LogP contribution in [0.1, 0.15) is 55.6 Å². The average Bonchev–Trinajstić information content (AvgIpc) is 3.19. The average molecular weight is 481 g/mol. The quantitative estimate of drug-likeness (QED) is 0.446. The Balaban J connectivity index is 1.29. The Bertz CT molecular complexity index is 1000. The lowest BCUT2D eigenvalue weighted by atomic mass is 9.98. The third-order valence-electron chi connectivity index (χ3n) is 6.64. The zero-order valence-electron chi connectivity index (χ0n) is 19.7. The van der Waals surface area contributed by atoms with Gasteiger partial charge in [-0.2, -0.15) is 0 Å². The lowest BCUT2D eigenvalue weighted by molar-refractivity contribution is -0.139. The standard InChI is InChI=1S/C27H32N2O6/c30-25(31)16-24(26(32)28-14-15-34-18-8-2-1-3-9-18)29-27(33)35-17-23-21-12-6-4-10-19(21)20-11-5-7-13-22(20)23/h4-7,10-13,18,23-24H,1-3,8-9,14-17H2,(H,28,32)(H,29,33)(H,30,31). The van der Waals surface area contributed by atoms with Gasteiger partial charge in [-0.25, -0.2) is 4.79 Å². The molecule has 2 aliphatic carbocycles. The molecule has 0 bridgehead atoms. The first-order chi connectivity index (χ1) is 17.0. The Kier molecular flexibility index (Phi) is 8.36. The van der Waals surface area contributed by atoms with Gasteiger partial charge in [0, 0.05) is 12.5 Å². The van der Waals surface area contributed by atoms with Crippen LogP contribution in [0.3, 0.4) is 0 Å². The molecule has 2 aromatic rings. The molecule has 0 aliphatic heterocycles. The summed E-state index contributed by atoms with van der Waals surface area (Å²) in [4.78, 5) is 36.4. The van der Waals surface area contributed by atoms with Crippen LogP contribution in [0, 0.1) is 0 Å². The maximum atomic E-state index is 12.6. The van der Waals surface area contributed by atoms with E-state index in [9.17, 15) is 19.5 Å². The lowest BCUT2D eigenvalue weighted by Gasteiger charge is -2.22. The van der Waals surface area contributed by atoms with Crippen molar-refractivity contribution in [1.29, 1.82) is 0 Å². The fourth-order valence-electron chi connectivity index (χ4n) is 4.92. The van der Waals surface area contributed by atoms with E-state index in [0.717, 1.165) is 47.9 Å². The molecule has 8 heteroatoms. The van der Waals surface area contributed by atoms with Crippen molar-refractivity contribution in [2.24, 2.45) is 0 Å². The van der Waals surface area contributed by atoms with Crippen LogP contribution in [-0.2, 0) is 19.1 Å². The highest BCUT2D eigenvalue weighted by Crippen LogP contribution is 2.44. The fourth-order valence-corrected chi connectivity index (χ4v) is 4.92. The fraction of sp³-hybridized carbons (Fsp3) is 0.444. The molecule has 0 saturated heterocycles. The summed E-state index contributed by atoms with van der Waals surface area (Å²) < 4.78 is 11.2. The molecule has 186 valence electrons. The van der Waals surface area contributed by atoms with Gasteiger partial charge in [-0.15, -0.1) is 0 Å². The molecule has 0 heterocycles. The number of ether oxygens (including phenoxy) is 2. The van der Waals surface area contributed by atoms with Crippen molar-refractivity contribution < 1.29 is 29.0 Å². The summed E-state index contributed by atoms with van der Waals surface area (Å²) in [6, 6.07) is 14.7. The molecule has 1 saturated carbocycles. The molecule has 4 rings (SSSR count). The molecule has 2 aliphatic rings. The number of amides is 2. The number of benzene rings is 2. The van der Waals surface area contributed by atoms with Gasteiger partial charge in [0.25, 0.3) is 0 Å². The number of carbonyl (C=O) groups is 3. The summed E-state index contributed by atoms with van der Waals surface area (Å²) in [5.41, 5.74) is 4.35. The minimum atomic E-state index is -1.24. The van der Waals surface area contributed by atoms with E-state index in [2.05, 4.69) is 10.6 Å². The first-order valence-electron chi connectivity index (χ1n) is 12.3. The minimum absolute atomic E-state index is 0.0799. The molecule has 8 nitrogen and oxygen atoms in total. The highest BCUT2D eigenvalue weighted by Gasteiger charge is 2.30. The molecule has 2 aromatic carbocycles. The van der Waals surface area contributed by atoms with Gasteiger partial charge in [0.05, 0.1) is 19.1 Å². The molecule has 0 aromatic heterocycles. The molecule has 3 N–H and O–H groups in total. The largest absolute Gasteiger partial charge is 0.481 e. The van der Waals surface area contributed by atoms with Crippen LogP contribution in [0.25, 0.3) is 11.1 Å². The highest BCUT2D eigenvalue weighted by atomic mass is 16.5. The molecular weight excluding hydrogens is 448 g/mol. The smallest absolute Gasteiger partial charge is 0.407 e.